The van der Waals surface area contributed by atoms with E-state index in [0.717, 1.165) is 12.3 Å². The molecule has 0 bridgehead atoms. The molecule has 1 aliphatic carbocycles. The second-order valence-corrected chi connectivity index (χ2v) is 7.09. The Morgan fingerprint density at radius 3 is 2.39 bits per heavy atom. The van der Waals surface area contributed by atoms with Crippen molar-refractivity contribution >= 4 is 5.84 Å². The topological polar surface area (TPSA) is 50.4 Å². The van der Waals surface area contributed by atoms with Crippen molar-refractivity contribution in [2.75, 3.05) is 0 Å². The fourth-order valence-electron chi connectivity index (χ4n) is 3.03. The van der Waals surface area contributed by atoms with Crippen LogP contribution in [0.1, 0.15) is 72.6 Å². The van der Waals surface area contributed by atoms with Crippen LogP contribution in [0.4, 0.5) is 0 Å². The highest BCUT2D eigenvalue weighted by Gasteiger charge is 2.18. The van der Waals surface area contributed by atoms with Gasteiger partial charge in [-0.2, -0.15) is 0 Å². The molecule has 1 aliphatic rings. The molecule has 18 heavy (non-hydrogen) atoms. The maximum absolute atomic E-state index is 5.62. The Morgan fingerprint density at radius 1 is 1.28 bits per heavy atom. The Morgan fingerprint density at radius 2 is 1.89 bits per heavy atom. The minimum absolute atomic E-state index is 0.379. The lowest BCUT2D eigenvalue weighted by Gasteiger charge is -2.24. The highest BCUT2D eigenvalue weighted by molar-refractivity contribution is 5.81. The minimum atomic E-state index is 0.379. The Bertz CT molecular complexity index is 259. The van der Waals surface area contributed by atoms with Crippen molar-refractivity contribution < 1.29 is 0 Å². The molecule has 0 aromatic heterocycles. The maximum atomic E-state index is 5.62. The monoisotopic (exact) mass is 253 g/mol. The average Bonchev–Trinajstić information content (AvgIpc) is 2.27. The summed E-state index contributed by atoms with van der Waals surface area (Å²) in [5, 5.41) is 0. The summed E-state index contributed by atoms with van der Waals surface area (Å²) in [5.74, 6) is 7.25. The van der Waals surface area contributed by atoms with Crippen molar-refractivity contribution in [2.24, 2.45) is 22.2 Å². The minimum Gasteiger partial charge on any atom is -0.312 e. The van der Waals surface area contributed by atoms with Gasteiger partial charge in [0.2, 0.25) is 0 Å². The summed E-state index contributed by atoms with van der Waals surface area (Å²) in [7, 11) is 0. The first-order valence-corrected chi connectivity index (χ1v) is 7.44. The van der Waals surface area contributed by atoms with Gasteiger partial charge in [-0.3, -0.25) is 4.99 Å². The first-order valence-electron chi connectivity index (χ1n) is 7.44. The Balaban J connectivity index is 2.47. The summed E-state index contributed by atoms with van der Waals surface area (Å²) < 4.78 is 0. The lowest BCUT2D eigenvalue weighted by Crippen LogP contribution is -2.33. The number of hydrogen-bond acceptors (Lipinski definition) is 2. The van der Waals surface area contributed by atoms with Crippen LogP contribution in [0.3, 0.4) is 0 Å². The van der Waals surface area contributed by atoms with Crippen LogP contribution in [-0.2, 0) is 0 Å². The van der Waals surface area contributed by atoms with Crippen LogP contribution >= 0.6 is 0 Å². The molecule has 0 aromatic rings. The van der Waals surface area contributed by atoms with Gasteiger partial charge < -0.3 is 5.43 Å². The second-order valence-electron chi connectivity index (χ2n) is 7.09. The molecule has 1 fully saturated rings. The van der Waals surface area contributed by atoms with Crippen molar-refractivity contribution in [2.45, 2.75) is 78.7 Å². The standard InChI is InChI=1S/C15H31N3/c1-12(11-15(2,3)4)10-14(18-16)17-13-8-6-5-7-9-13/h12-13H,5-11,16H2,1-4H3,(H,17,18). The molecule has 0 spiro atoms. The quantitative estimate of drug-likeness (QED) is 0.348. The van der Waals surface area contributed by atoms with E-state index in [0.29, 0.717) is 17.4 Å². The first kappa shape index (κ1) is 15.5. The van der Waals surface area contributed by atoms with Crippen LogP contribution in [0, 0.1) is 11.3 Å². The van der Waals surface area contributed by atoms with E-state index in [9.17, 15) is 0 Å². The molecule has 0 amide bonds. The van der Waals surface area contributed by atoms with Gasteiger partial charge in [-0.25, -0.2) is 5.84 Å². The molecule has 0 heterocycles. The van der Waals surface area contributed by atoms with E-state index in [1.54, 1.807) is 0 Å². The summed E-state index contributed by atoms with van der Waals surface area (Å²) >= 11 is 0. The van der Waals surface area contributed by atoms with Gasteiger partial charge in [0.05, 0.1) is 6.04 Å². The van der Waals surface area contributed by atoms with E-state index in [2.05, 4.69) is 33.1 Å². The van der Waals surface area contributed by atoms with Gasteiger partial charge in [-0.05, 0) is 30.6 Å². The molecule has 0 aromatic carbocycles. The van der Waals surface area contributed by atoms with Gasteiger partial charge in [-0.15, -0.1) is 0 Å². The van der Waals surface area contributed by atoms with E-state index in [1.807, 2.05) is 0 Å². The van der Waals surface area contributed by atoms with Crippen LogP contribution in [0.5, 0.6) is 0 Å². The number of nitrogens with one attached hydrogen (secondary N) is 1. The number of hydrazine groups is 1. The molecular formula is C15H31N3. The largest absolute Gasteiger partial charge is 0.312 e. The van der Waals surface area contributed by atoms with E-state index in [1.165, 1.54) is 38.5 Å². The van der Waals surface area contributed by atoms with Crippen LogP contribution in [0.2, 0.25) is 0 Å². The Hall–Kier alpha value is -0.570. The molecule has 106 valence electrons. The highest BCUT2D eigenvalue weighted by atomic mass is 15.3. The zero-order chi connectivity index (χ0) is 13.6. The highest BCUT2D eigenvalue weighted by Crippen LogP contribution is 2.26. The molecule has 0 aliphatic heterocycles. The molecule has 1 atom stereocenters. The smallest absolute Gasteiger partial charge is 0.111 e. The number of amidine groups is 1. The fourth-order valence-corrected chi connectivity index (χ4v) is 3.03. The normalized spacial score (nSPS) is 20.8. The van der Waals surface area contributed by atoms with E-state index in [-0.39, 0.29) is 0 Å². The first-order chi connectivity index (χ1) is 8.40. The summed E-state index contributed by atoms with van der Waals surface area (Å²) in [6.07, 6.45) is 8.67. The molecule has 1 saturated carbocycles. The van der Waals surface area contributed by atoms with E-state index < -0.39 is 0 Å². The molecule has 1 rings (SSSR count). The van der Waals surface area contributed by atoms with Gasteiger partial charge in [0.25, 0.3) is 0 Å². The van der Waals surface area contributed by atoms with Crippen LogP contribution in [-0.4, -0.2) is 11.9 Å². The van der Waals surface area contributed by atoms with Gasteiger partial charge >= 0.3 is 0 Å². The molecular weight excluding hydrogens is 222 g/mol. The summed E-state index contributed by atoms with van der Waals surface area (Å²) in [4.78, 5) is 4.80. The Kier molecular flexibility index (Phi) is 6.13. The van der Waals surface area contributed by atoms with Crippen molar-refractivity contribution in [1.29, 1.82) is 0 Å². The number of nitrogens with two attached hydrogens (primary N) is 1. The number of hydrogen-bond donors (Lipinski definition) is 2. The third kappa shape index (κ3) is 6.39. The van der Waals surface area contributed by atoms with Gasteiger partial charge in [0.15, 0.2) is 0 Å². The molecule has 0 radical (unpaired) electrons. The molecule has 0 saturated heterocycles. The predicted molar refractivity (Wildman–Crippen MR) is 79.5 cm³/mol. The fraction of sp³-hybridized carbons (Fsp3) is 0.933. The van der Waals surface area contributed by atoms with Gasteiger partial charge in [0.1, 0.15) is 5.84 Å². The van der Waals surface area contributed by atoms with Crippen molar-refractivity contribution in [3.05, 3.63) is 0 Å². The van der Waals surface area contributed by atoms with E-state index >= 15 is 0 Å². The second kappa shape index (κ2) is 7.13. The molecule has 1 unspecified atom stereocenters. The van der Waals surface area contributed by atoms with E-state index in [4.69, 9.17) is 10.8 Å². The summed E-state index contributed by atoms with van der Waals surface area (Å²) in [6.45, 7) is 9.16. The summed E-state index contributed by atoms with van der Waals surface area (Å²) in [5.41, 5.74) is 3.19. The van der Waals surface area contributed by atoms with Crippen molar-refractivity contribution in [3.63, 3.8) is 0 Å². The number of nitrogens with zero attached hydrogens (tertiary/aromatic N) is 1. The zero-order valence-corrected chi connectivity index (χ0v) is 12.6. The third-order valence-corrected chi connectivity index (χ3v) is 3.58. The predicted octanol–water partition coefficient (Wildman–Crippen LogP) is 3.64. The van der Waals surface area contributed by atoms with Gasteiger partial charge in [-0.1, -0.05) is 47.0 Å². The summed E-state index contributed by atoms with van der Waals surface area (Å²) in [6, 6.07) is 0.506. The number of aliphatic imine (C=N–C) groups is 1. The zero-order valence-electron chi connectivity index (χ0n) is 12.6. The van der Waals surface area contributed by atoms with Crippen LogP contribution in [0.15, 0.2) is 4.99 Å². The van der Waals surface area contributed by atoms with Crippen molar-refractivity contribution in [3.8, 4) is 0 Å². The third-order valence-electron chi connectivity index (χ3n) is 3.58. The lowest BCUT2D eigenvalue weighted by molar-refractivity contribution is 0.310. The van der Waals surface area contributed by atoms with Crippen LogP contribution in [0.25, 0.3) is 0 Å². The van der Waals surface area contributed by atoms with Crippen LogP contribution < -0.4 is 11.3 Å². The maximum Gasteiger partial charge on any atom is 0.111 e. The average molecular weight is 253 g/mol. The molecule has 3 nitrogen and oxygen atoms in total. The molecule has 3 N–H and O–H groups in total. The lowest BCUT2D eigenvalue weighted by atomic mass is 9.84. The Labute approximate surface area is 113 Å². The molecule has 3 heteroatoms. The SMILES string of the molecule is CC(CC(=NC1CCCCC1)NN)CC(C)(C)C. The number of rotatable bonds is 4. The van der Waals surface area contributed by atoms with Gasteiger partial charge in [0, 0.05) is 6.42 Å². The van der Waals surface area contributed by atoms with Crippen molar-refractivity contribution in [1.82, 2.24) is 5.43 Å².